The van der Waals surface area contributed by atoms with Crippen LogP contribution in [0.15, 0.2) is 18.2 Å². The number of rotatable bonds is 4. The molecule has 2 N–H and O–H groups in total. The highest BCUT2D eigenvalue weighted by atomic mass is 16.6. The monoisotopic (exact) mass is 291 g/mol. The lowest BCUT2D eigenvalue weighted by Crippen LogP contribution is -2.43. The van der Waals surface area contributed by atoms with Gasteiger partial charge in [0.25, 0.3) is 5.69 Å². The van der Waals surface area contributed by atoms with Crippen molar-refractivity contribution in [3.05, 3.63) is 39.4 Å². The number of nitro benzene ring substituents is 1. The maximum Gasteiger partial charge on any atom is 0.272 e. The molecule has 1 unspecified atom stereocenters. The molecule has 1 aliphatic rings. The number of hydrogen-bond acceptors (Lipinski definition) is 4. The standard InChI is InChI=1S/C15H21N3O3/c1-11-12(6-5-8-14(11)18(20)21)10-17-15(19)13-7-3-2-4-9-16-13/h5-6,8,13,16H,2-4,7,9-10H2,1H3,(H,17,19). The Labute approximate surface area is 124 Å². The van der Waals surface area contributed by atoms with Gasteiger partial charge in [-0.15, -0.1) is 0 Å². The highest BCUT2D eigenvalue weighted by Gasteiger charge is 2.20. The molecule has 1 aromatic rings. The van der Waals surface area contributed by atoms with Crippen molar-refractivity contribution in [3.63, 3.8) is 0 Å². The molecule has 1 fully saturated rings. The molecule has 0 aliphatic carbocycles. The van der Waals surface area contributed by atoms with E-state index in [1.807, 2.05) is 6.07 Å². The fraction of sp³-hybridized carbons (Fsp3) is 0.533. The minimum atomic E-state index is -0.395. The van der Waals surface area contributed by atoms with Gasteiger partial charge in [0.1, 0.15) is 0 Å². The van der Waals surface area contributed by atoms with Crippen LogP contribution in [-0.2, 0) is 11.3 Å². The molecule has 1 heterocycles. The van der Waals surface area contributed by atoms with E-state index in [9.17, 15) is 14.9 Å². The molecule has 0 saturated carbocycles. The van der Waals surface area contributed by atoms with Crippen molar-refractivity contribution < 1.29 is 9.72 Å². The smallest absolute Gasteiger partial charge is 0.272 e. The molecule has 1 aromatic carbocycles. The van der Waals surface area contributed by atoms with E-state index in [0.29, 0.717) is 12.1 Å². The zero-order valence-corrected chi connectivity index (χ0v) is 12.2. The Kier molecular flexibility index (Phi) is 5.27. The molecule has 114 valence electrons. The second-order valence-electron chi connectivity index (χ2n) is 5.39. The van der Waals surface area contributed by atoms with E-state index in [0.717, 1.165) is 37.8 Å². The van der Waals surface area contributed by atoms with Crippen LogP contribution in [-0.4, -0.2) is 23.4 Å². The first kappa shape index (κ1) is 15.4. The third kappa shape index (κ3) is 4.01. The highest BCUT2D eigenvalue weighted by Crippen LogP contribution is 2.21. The number of nitro groups is 1. The van der Waals surface area contributed by atoms with Gasteiger partial charge in [-0.25, -0.2) is 0 Å². The Morgan fingerprint density at radius 3 is 3.00 bits per heavy atom. The van der Waals surface area contributed by atoms with Crippen LogP contribution in [0.25, 0.3) is 0 Å². The first-order valence-corrected chi connectivity index (χ1v) is 7.33. The molecular formula is C15H21N3O3. The lowest BCUT2D eigenvalue weighted by Gasteiger charge is -2.16. The number of nitrogens with one attached hydrogen (secondary N) is 2. The molecule has 1 saturated heterocycles. The zero-order chi connectivity index (χ0) is 15.2. The summed E-state index contributed by atoms with van der Waals surface area (Å²) in [5.74, 6) is -0.0252. The summed E-state index contributed by atoms with van der Waals surface area (Å²) < 4.78 is 0. The average molecular weight is 291 g/mol. The fourth-order valence-electron chi connectivity index (χ4n) is 2.62. The summed E-state index contributed by atoms with van der Waals surface area (Å²) in [5, 5.41) is 17.0. The maximum atomic E-state index is 12.1. The topological polar surface area (TPSA) is 84.3 Å². The van der Waals surface area contributed by atoms with E-state index in [1.54, 1.807) is 13.0 Å². The third-order valence-corrected chi connectivity index (χ3v) is 3.94. The van der Waals surface area contributed by atoms with Crippen LogP contribution in [0.2, 0.25) is 0 Å². The van der Waals surface area contributed by atoms with Gasteiger partial charge in [-0.05, 0) is 31.9 Å². The van der Waals surface area contributed by atoms with Gasteiger partial charge in [0.15, 0.2) is 0 Å². The Morgan fingerprint density at radius 1 is 1.43 bits per heavy atom. The highest BCUT2D eigenvalue weighted by molar-refractivity contribution is 5.81. The van der Waals surface area contributed by atoms with Crippen LogP contribution in [0.5, 0.6) is 0 Å². The first-order chi connectivity index (χ1) is 10.1. The van der Waals surface area contributed by atoms with Crippen molar-refractivity contribution in [2.24, 2.45) is 0 Å². The first-order valence-electron chi connectivity index (χ1n) is 7.33. The molecule has 1 amide bonds. The van der Waals surface area contributed by atoms with Crippen LogP contribution in [0.1, 0.15) is 36.8 Å². The average Bonchev–Trinajstić information content (AvgIpc) is 2.74. The fourth-order valence-corrected chi connectivity index (χ4v) is 2.62. The molecule has 21 heavy (non-hydrogen) atoms. The molecule has 0 aromatic heterocycles. The van der Waals surface area contributed by atoms with Crippen molar-refractivity contribution in [2.75, 3.05) is 6.54 Å². The van der Waals surface area contributed by atoms with E-state index < -0.39 is 4.92 Å². The summed E-state index contributed by atoms with van der Waals surface area (Å²) in [5.41, 5.74) is 1.48. The number of benzene rings is 1. The Bertz CT molecular complexity index is 523. The Hall–Kier alpha value is -1.95. The van der Waals surface area contributed by atoms with E-state index in [-0.39, 0.29) is 17.6 Å². The predicted molar refractivity (Wildman–Crippen MR) is 79.9 cm³/mol. The minimum Gasteiger partial charge on any atom is -0.351 e. The van der Waals surface area contributed by atoms with Crippen LogP contribution >= 0.6 is 0 Å². The maximum absolute atomic E-state index is 12.1. The van der Waals surface area contributed by atoms with Crippen molar-refractivity contribution >= 4 is 11.6 Å². The third-order valence-electron chi connectivity index (χ3n) is 3.94. The van der Waals surface area contributed by atoms with Crippen LogP contribution in [0.4, 0.5) is 5.69 Å². The number of amides is 1. The summed E-state index contributed by atoms with van der Waals surface area (Å²) >= 11 is 0. The quantitative estimate of drug-likeness (QED) is 0.657. The second-order valence-corrected chi connectivity index (χ2v) is 5.39. The van der Waals surface area contributed by atoms with Gasteiger partial charge >= 0.3 is 0 Å². The van der Waals surface area contributed by atoms with Crippen molar-refractivity contribution in [2.45, 2.75) is 45.2 Å². The summed E-state index contributed by atoms with van der Waals surface area (Å²) in [6.45, 7) is 2.90. The Morgan fingerprint density at radius 2 is 2.24 bits per heavy atom. The van der Waals surface area contributed by atoms with Gasteiger partial charge in [-0.2, -0.15) is 0 Å². The molecule has 6 heteroatoms. The summed E-state index contributed by atoms with van der Waals surface area (Å²) in [6.07, 6.45) is 4.16. The second kappa shape index (κ2) is 7.17. The number of nitrogens with zero attached hydrogens (tertiary/aromatic N) is 1. The van der Waals surface area contributed by atoms with Gasteiger partial charge in [-0.1, -0.05) is 25.0 Å². The molecule has 0 radical (unpaired) electrons. The van der Waals surface area contributed by atoms with Crippen LogP contribution in [0.3, 0.4) is 0 Å². The summed E-state index contributed by atoms with van der Waals surface area (Å²) in [7, 11) is 0. The molecular weight excluding hydrogens is 270 g/mol. The van der Waals surface area contributed by atoms with Crippen molar-refractivity contribution in [1.82, 2.24) is 10.6 Å². The Balaban J connectivity index is 1.97. The van der Waals surface area contributed by atoms with Gasteiger partial charge in [0.2, 0.25) is 5.91 Å². The largest absolute Gasteiger partial charge is 0.351 e. The van der Waals surface area contributed by atoms with Crippen molar-refractivity contribution in [3.8, 4) is 0 Å². The van der Waals surface area contributed by atoms with Gasteiger partial charge in [-0.3, -0.25) is 14.9 Å². The lowest BCUT2D eigenvalue weighted by atomic mass is 10.1. The SMILES string of the molecule is Cc1c(CNC(=O)C2CCCCCN2)cccc1[N+](=O)[O-]. The van der Waals surface area contributed by atoms with Gasteiger partial charge in [0.05, 0.1) is 11.0 Å². The number of carbonyl (C=O) groups excluding carboxylic acids is 1. The molecule has 0 bridgehead atoms. The molecule has 2 rings (SSSR count). The van der Waals surface area contributed by atoms with Crippen molar-refractivity contribution in [1.29, 1.82) is 0 Å². The number of carbonyl (C=O) groups is 1. The molecule has 0 spiro atoms. The predicted octanol–water partition coefficient (Wildman–Crippen LogP) is 2.05. The number of hydrogen-bond donors (Lipinski definition) is 2. The zero-order valence-electron chi connectivity index (χ0n) is 12.2. The summed E-state index contributed by atoms with van der Waals surface area (Å²) in [4.78, 5) is 22.7. The van der Waals surface area contributed by atoms with Crippen LogP contribution in [0, 0.1) is 17.0 Å². The van der Waals surface area contributed by atoms with Gasteiger partial charge in [0, 0.05) is 18.2 Å². The van der Waals surface area contributed by atoms with E-state index in [1.165, 1.54) is 6.07 Å². The van der Waals surface area contributed by atoms with Gasteiger partial charge < -0.3 is 10.6 Å². The van der Waals surface area contributed by atoms with Crippen LogP contribution < -0.4 is 10.6 Å². The minimum absolute atomic E-state index is 0.0252. The van der Waals surface area contributed by atoms with E-state index in [2.05, 4.69) is 10.6 Å². The lowest BCUT2D eigenvalue weighted by molar-refractivity contribution is -0.385. The normalized spacial score (nSPS) is 18.8. The molecule has 1 atom stereocenters. The summed E-state index contributed by atoms with van der Waals surface area (Å²) in [6, 6.07) is 4.79. The molecule has 6 nitrogen and oxygen atoms in total. The van der Waals surface area contributed by atoms with E-state index in [4.69, 9.17) is 0 Å². The molecule has 1 aliphatic heterocycles. The van der Waals surface area contributed by atoms with E-state index >= 15 is 0 Å².